The van der Waals surface area contributed by atoms with Crippen LogP contribution < -0.4 is 0 Å². The third kappa shape index (κ3) is 58.4. The van der Waals surface area contributed by atoms with Gasteiger partial charge in [0.15, 0.2) is 5.41 Å². The average Bonchev–Trinajstić information content (AvgIpc) is 2.37. The molecule has 4 nitrogen and oxygen atoms in total. The largest absolute Gasteiger partial charge is 0.402 e. The standard InChI is InChI=1S/C5H6F6.C3H6O.C2H5F.C2H6O2S.C2H6O.CH3F.CH4/c1-3(2,4(6,7)8)5(9,10)11;1-3(2)4;1-2-3;1-5(2,3)4;1-3-2;1-2;/h1-2H3;1-2H3;2H2,1H3;1-2H3;1-2H3;1H3;1H4. The van der Waals surface area contributed by atoms with E-state index >= 15 is 0 Å². The zero-order valence-electron chi connectivity index (χ0n) is 17.8. The first-order valence-electron chi connectivity index (χ1n) is 7.16. The highest BCUT2D eigenvalue weighted by Gasteiger charge is 2.64. The Morgan fingerprint density at radius 3 is 0.931 bits per heavy atom. The summed E-state index contributed by atoms with van der Waals surface area (Å²) < 4.78 is 113. The van der Waals surface area contributed by atoms with Gasteiger partial charge in [-0.3, -0.25) is 8.78 Å². The molecule has 0 saturated heterocycles. The molecule has 0 amide bonds. The summed E-state index contributed by atoms with van der Waals surface area (Å²) in [5.41, 5.74) is -3.62. The molecule has 0 fully saturated rings. The summed E-state index contributed by atoms with van der Waals surface area (Å²) in [6.45, 7) is 4.47. The van der Waals surface area contributed by atoms with Crippen molar-refractivity contribution in [2.24, 2.45) is 5.41 Å². The molecule has 0 aromatic rings. The fourth-order valence-corrected chi connectivity index (χ4v) is 0.161. The molecule has 0 radical (unpaired) electrons. The molecule has 0 N–H and O–H groups in total. The predicted molar refractivity (Wildman–Crippen MR) is 101 cm³/mol. The van der Waals surface area contributed by atoms with Gasteiger partial charge in [-0.2, -0.15) is 26.3 Å². The van der Waals surface area contributed by atoms with Crippen LogP contribution in [0.1, 0.15) is 42.0 Å². The summed E-state index contributed by atoms with van der Waals surface area (Å²) in [7, 11) is 1.08. The van der Waals surface area contributed by atoms with Gasteiger partial charge >= 0.3 is 12.4 Å². The molecule has 0 unspecified atom stereocenters. The van der Waals surface area contributed by atoms with Gasteiger partial charge in [0, 0.05) is 26.7 Å². The maximum absolute atomic E-state index is 11.6. The monoisotopic (exact) mass is 476 g/mol. The minimum Gasteiger partial charge on any atom is -0.388 e. The van der Waals surface area contributed by atoms with Gasteiger partial charge in [0.05, 0.1) is 13.9 Å². The number of hydrogen-bond donors (Lipinski definition) is 0. The quantitative estimate of drug-likeness (QED) is 0.411. The van der Waals surface area contributed by atoms with E-state index in [0.717, 1.165) is 12.5 Å². The van der Waals surface area contributed by atoms with Crippen LogP contribution >= 0.6 is 0 Å². The van der Waals surface area contributed by atoms with Crippen LogP contribution in [-0.2, 0) is 19.4 Å². The van der Waals surface area contributed by atoms with Crippen molar-refractivity contribution in [2.45, 2.75) is 54.4 Å². The fraction of sp³-hybridized carbons (Fsp3) is 0.938. The Balaban J connectivity index is -0.0000000455. The van der Waals surface area contributed by atoms with Gasteiger partial charge < -0.3 is 9.53 Å². The Morgan fingerprint density at radius 2 is 0.931 bits per heavy atom. The number of alkyl halides is 8. The molecule has 0 spiro atoms. The second-order valence-electron chi connectivity index (χ2n) is 5.35. The number of ketones is 1. The van der Waals surface area contributed by atoms with Crippen LogP contribution in [0.2, 0.25) is 0 Å². The van der Waals surface area contributed by atoms with Gasteiger partial charge in [0.25, 0.3) is 0 Å². The van der Waals surface area contributed by atoms with E-state index < -0.39 is 27.6 Å². The van der Waals surface area contributed by atoms with Crippen LogP contribution in [0.5, 0.6) is 0 Å². The second kappa shape index (κ2) is 23.3. The summed E-state index contributed by atoms with van der Waals surface area (Å²) in [5.74, 6) is 0.167. The Labute approximate surface area is 169 Å². The molecule has 0 aromatic heterocycles. The van der Waals surface area contributed by atoms with E-state index in [0.29, 0.717) is 7.18 Å². The molecule has 0 rings (SSSR count). The summed E-state index contributed by atoms with van der Waals surface area (Å²) in [4.78, 5) is 9.44. The van der Waals surface area contributed by atoms with Crippen molar-refractivity contribution in [1.29, 1.82) is 0 Å². The van der Waals surface area contributed by atoms with Gasteiger partial charge in [-0.05, 0) is 34.6 Å². The van der Waals surface area contributed by atoms with Crippen LogP contribution in [0, 0.1) is 5.41 Å². The molecule has 0 saturated carbocycles. The van der Waals surface area contributed by atoms with Crippen LogP contribution in [-0.4, -0.2) is 67.1 Å². The third-order valence-electron chi connectivity index (χ3n) is 1.42. The van der Waals surface area contributed by atoms with Gasteiger partial charge in [0.1, 0.15) is 15.6 Å². The molecule has 29 heavy (non-hydrogen) atoms. The maximum atomic E-state index is 11.6. The summed E-state index contributed by atoms with van der Waals surface area (Å²) in [5, 5.41) is 0. The van der Waals surface area contributed by atoms with Gasteiger partial charge in [-0.1, -0.05) is 7.43 Å². The van der Waals surface area contributed by atoms with Gasteiger partial charge in [-0.15, -0.1) is 0 Å². The van der Waals surface area contributed by atoms with Crippen molar-refractivity contribution in [3.8, 4) is 0 Å². The third-order valence-corrected chi connectivity index (χ3v) is 1.42. The van der Waals surface area contributed by atoms with E-state index in [1.807, 2.05) is 0 Å². The molecule has 186 valence electrons. The summed E-state index contributed by atoms with van der Waals surface area (Å²) in [6.07, 6.45) is -8.17. The van der Waals surface area contributed by atoms with Crippen molar-refractivity contribution in [3.63, 3.8) is 0 Å². The normalized spacial score (nSPS) is 10.1. The maximum Gasteiger partial charge on any atom is 0.402 e. The van der Waals surface area contributed by atoms with Crippen molar-refractivity contribution < 1.29 is 53.1 Å². The van der Waals surface area contributed by atoms with Gasteiger partial charge in [-0.25, -0.2) is 8.42 Å². The zero-order valence-corrected chi connectivity index (χ0v) is 18.6. The summed E-state index contributed by atoms with van der Waals surface area (Å²) in [6, 6.07) is 0. The Hall–Kier alpha value is -0.980. The fourth-order valence-electron chi connectivity index (χ4n) is 0.161. The second-order valence-corrected chi connectivity index (χ2v) is 7.63. The van der Waals surface area contributed by atoms with Crippen molar-refractivity contribution >= 4 is 15.6 Å². The predicted octanol–water partition coefficient (Wildman–Crippen LogP) is 5.85. The van der Waals surface area contributed by atoms with Gasteiger partial charge in [0.2, 0.25) is 0 Å². The van der Waals surface area contributed by atoms with E-state index in [2.05, 4.69) is 4.74 Å². The topological polar surface area (TPSA) is 60.4 Å². The number of carbonyl (C=O) groups is 1. The minimum atomic E-state index is -5.24. The molecule has 13 heteroatoms. The Bertz CT molecular complexity index is 401. The van der Waals surface area contributed by atoms with Crippen molar-refractivity contribution in [1.82, 2.24) is 0 Å². The number of Topliss-reactive ketones (excluding diaryl/α,β-unsaturated/α-hetero) is 1. The van der Waals surface area contributed by atoms with E-state index in [1.165, 1.54) is 20.8 Å². The number of sulfone groups is 1. The lowest BCUT2D eigenvalue weighted by molar-refractivity contribution is -0.327. The zero-order chi connectivity index (χ0) is 25.0. The van der Waals surface area contributed by atoms with E-state index in [9.17, 15) is 48.3 Å². The smallest absolute Gasteiger partial charge is 0.388 e. The molecule has 0 aromatic carbocycles. The Kier molecular flexibility index (Phi) is 37.2. The number of methoxy groups -OCH3 is 1. The van der Waals surface area contributed by atoms with E-state index in [-0.39, 0.29) is 33.7 Å². The Morgan fingerprint density at radius 1 is 0.862 bits per heavy atom. The lowest BCUT2D eigenvalue weighted by Gasteiger charge is -2.29. The lowest BCUT2D eigenvalue weighted by Crippen LogP contribution is -2.44. The molecular formula is C16H36F8O4S. The number of rotatable bonds is 0. The first-order valence-corrected chi connectivity index (χ1v) is 9.46. The average molecular weight is 477 g/mol. The molecule has 0 aliphatic carbocycles. The first-order chi connectivity index (χ1) is 12.1. The van der Waals surface area contributed by atoms with E-state index in [1.54, 1.807) is 14.2 Å². The SMILES string of the molecule is C.CC(C)(C(F)(F)F)C(F)(F)F.CC(C)=O.CCF.CF.COC.CS(C)(=O)=O. The number of hydrogen-bond acceptors (Lipinski definition) is 4. The first kappa shape index (κ1) is 46.3. The molecule has 0 atom stereocenters. The highest BCUT2D eigenvalue weighted by Crippen LogP contribution is 2.49. The minimum absolute atomic E-state index is 0. The van der Waals surface area contributed by atoms with Crippen LogP contribution in [0.15, 0.2) is 0 Å². The number of carbonyl (C=O) groups excluding carboxylic acids is 1. The highest BCUT2D eigenvalue weighted by atomic mass is 32.2. The summed E-state index contributed by atoms with van der Waals surface area (Å²) >= 11 is 0. The molecular weight excluding hydrogens is 440 g/mol. The highest BCUT2D eigenvalue weighted by molar-refractivity contribution is 7.89. The molecule has 0 bridgehead atoms. The number of halogens is 8. The number of ether oxygens (including phenoxy) is 1. The lowest BCUT2D eigenvalue weighted by atomic mass is 9.92. The van der Waals surface area contributed by atoms with Crippen LogP contribution in [0.25, 0.3) is 0 Å². The van der Waals surface area contributed by atoms with Crippen LogP contribution in [0.3, 0.4) is 0 Å². The van der Waals surface area contributed by atoms with Crippen molar-refractivity contribution in [3.05, 3.63) is 0 Å². The molecule has 0 aliphatic heterocycles. The molecule has 0 heterocycles. The van der Waals surface area contributed by atoms with Crippen molar-refractivity contribution in [2.75, 3.05) is 40.6 Å². The van der Waals surface area contributed by atoms with E-state index in [4.69, 9.17) is 0 Å². The van der Waals surface area contributed by atoms with Crippen LogP contribution in [0.4, 0.5) is 35.1 Å². The molecule has 0 aliphatic rings.